The summed E-state index contributed by atoms with van der Waals surface area (Å²) >= 11 is 7.11. The minimum atomic E-state index is -0.894. The molecule has 7 nitrogen and oxygen atoms in total. The van der Waals surface area contributed by atoms with E-state index in [0.717, 1.165) is 0 Å². The molecule has 0 aliphatic carbocycles. The largest absolute Gasteiger partial charge is 0.486 e. The summed E-state index contributed by atoms with van der Waals surface area (Å²) in [5, 5.41) is 21.5. The van der Waals surface area contributed by atoms with Crippen LogP contribution in [0.2, 0.25) is 5.02 Å². The maximum absolute atomic E-state index is 12.2. The van der Waals surface area contributed by atoms with E-state index in [0.29, 0.717) is 21.8 Å². The maximum atomic E-state index is 12.2. The van der Waals surface area contributed by atoms with Crippen LogP contribution in [0.15, 0.2) is 29.4 Å². The van der Waals surface area contributed by atoms with E-state index in [4.69, 9.17) is 16.3 Å². The van der Waals surface area contributed by atoms with E-state index in [-0.39, 0.29) is 24.2 Å². The van der Waals surface area contributed by atoms with Crippen molar-refractivity contribution in [2.24, 2.45) is 13.0 Å². The molecule has 2 rings (SSSR count). The molecule has 0 aliphatic heterocycles. The lowest BCUT2D eigenvalue weighted by Gasteiger charge is -2.27. The number of nitrogens with one attached hydrogen (secondary N) is 1. The molecular formula is C18H22ClN5O2S. The highest BCUT2D eigenvalue weighted by molar-refractivity contribution is 7.99. The second-order valence-corrected chi connectivity index (χ2v) is 7.89. The normalized spacial score (nSPS) is 13.1. The number of ether oxygens (including phenoxy) is 1. The fourth-order valence-electron chi connectivity index (χ4n) is 2.03. The number of carbonyl (C=O) groups is 1. The number of carbonyl (C=O) groups excluding carboxylic acids is 1. The van der Waals surface area contributed by atoms with E-state index in [9.17, 15) is 10.1 Å². The van der Waals surface area contributed by atoms with Crippen molar-refractivity contribution in [2.75, 3.05) is 5.75 Å². The van der Waals surface area contributed by atoms with Crippen LogP contribution in [-0.2, 0) is 18.4 Å². The number of thioether (sulfide) groups is 1. The fourth-order valence-corrected chi connectivity index (χ4v) is 2.89. The van der Waals surface area contributed by atoms with Crippen LogP contribution in [0.5, 0.6) is 5.75 Å². The predicted octanol–water partition coefficient (Wildman–Crippen LogP) is 3.19. The van der Waals surface area contributed by atoms with Crippen LogP contribution < -0.4 is 10.1 Å². The van der Waals surface area contributed by atoms with Gasteiger partial charge in [-0.2, -0.15) is 5.26 Å². The molecule has 1 N–H and O–H groups in total. The molecule has 0 saturated heterocycles. The monoisotopic (exact) mass is 407 g/mol. The summed E-state index contributed by atoms with van der Waals surface area (Å²) in [6.45, 7) is 5.76. The van der Waals surface area contributed by atoms with Gasteiger partial charge in [-0.15, -0.1) is 10.2 Å². The lowest BCUT2D eigenvalue weighted by atomic mass is 9.90. The average Bonchev–Trinajstić information content (AvgIpc) is 2.99. The average molecular weight is 408 g/mol. The van der Waals surface area contributed by atoms with Crippen molar-refractivity contribution in [2.45, 2.75) is 38.1 Å². The van der Waals surface area contributed by atoms with Crippen LogP contribution in [0.1, 0.15) is 26.6 Å². The molecule has 1 aromatic carbocycles. The van der Waals surface area contributed by atoms with Crippen molar-refractivity contribution in [1.82, 2.24) is 20.1 Å². The fraction of sp³-hybridized carbons (Fsp3) is 0.444. The number of hydrogen-bond donors (Lipinski definition) is 1. The Morgan fingerprint density at radius 3 is 2.67 bits per heavy atom. The van der Waals surface area contributed by atoms with Crippen LogP contribution >= 0.6 is 23.4 Å². The first-order valence-electron chi connectivity index (χ1n) is 8.37. The Morgan fingerprint density at radius 1 is 1.41 bits per heavy atom. The highest BCUT2D eigenvalue weighted by Gasteiger charge is 2.30. The first kappa shape index (κ1) is 21.1. The Hall–Kier alpha value is -2.24. The molecule has 9 heteroatoms. The number of benzene rings is 1. The van der Waals surface area contributed by atoms with E-state index >= 15 is 0 Å². The number of aromatic nitrogens is 3. The number of rotatable bonds is 8. The molecule has 1 amide bonds. The summed E-state index contributed by atoms with van der Waals surface area (Å²) in [7, 11) is 1.81. The van der Waals surface area contributed by atoms with Crippen molar-refractivity contribution in [3.8, 4) is 11.8 Å². The van der Waals surface area contributed by atoms with Crippen LogP contribution in [0.25, 0.3) is 0 Å². The third-order valence-corrected chi connectivity index (χ3v) is 5.50. The summed E-state index contributed by atoms with van der Waals surface area (Å²) in [5.41, 5.74) is -0.894. The summed E-state index contributed by atoms with van der Waals surface area (Å²) in [4.78, 5) is 12.2. The summed E-state index contributed by atoms with van der Waals surface area (Å²) in [6, 6.07) is 9.21. The van der Waals surface area contributed by atoms with Crippen LogP contribution in [0.3, 0.4) is 0 Å². The Morgan fingerprint density at radius 2 is 2.07 bits per heavy atom. The quantitative estimate of drug-likeness (QED) is 0.675. The van der Waals surface area contributed by atoms with Crippen LogP contribution in [0.4, 0.5) is 0 Å². The van der Waals surface area contributed by atoms with E-state index in [1.54, 1.807) is 35.8 Å². The summed E-state index contributed by atoms with van der Waals surface area (Å²) < 4.78 is 7.44. The number of nitriles is 1. The standard InChI is InChI=1S/C18H22ClN5O2S/c1-12(2)18(3,11-20)21-16(25)10-27-17-23-22-15(24(17)4)9-26-14-7-5-13(19)6-8-14/h5-8,12H,9-10H2,1-4H3,(H,21,25). The van der Waals surface area contributed by atoms with Gasteiger partial charge in [0.05, 0.1) is 11.8 Å². The summed E-state index contributed by atoms with van der Waals surface area (Å²) in [6.07, 6.45) is 0. The van der Waals surface area contributed by atoms with Gasteiger partial charge < -0.3 is 14.6 Å². The number of halogens is 1. The Bertz CT molecular complexity index is 831. The van der Waals surface area contributed by atoms with Gasteiger partial charge in [0.2, 0.25) is 5.91 Å². The van der Waals surface area contributed by atoms with E-state index < -0.39 is 5.54 Å². The zero-order chi connectivity index (χ0) is 20.0. The van der Waals surface area contributed by atoms with Crippen LogP contribution in [0, 0.1) is 17.2 Å². The molecule has 1 unspecified atom stereocenters. The lowest BCUT2D eigenvalue weighted by molar-refractivity contribution is -0.120. The molecule has 1 heterocycles. The minimum Gasteiger partial charge on any atom is -0.486 e. The van der Waals surface area contributed by atoms with E-state index in [2.05, 4.69) is 21.6 Å². The van der Waals surface area contributed by atoms with Crippen molar-refractivity contribution in [3.63, 3.8) is 0 Å². The first-order valence-corrected chi connectivity index (χ1v) is 9.73. The minimum absolute atomic E-state index is 0.00268. The zero-order valence-corrected chi connectivity index (χ0v) is 17.3. The molecule has 1 atom stereocenters. The molecule has 0 aliphatic rings. The Balaban J connectivity index is 1.90. The van der Waals surface area contributed by atoms with Crippen molar-refractivity contribution in [1.29, 1.82) is 5.26 Å². The number of nitrogens with zero attached hydrogens (tertiary/aromatic N) is 4. The van der Waals surface area contributed by atoms with Gasteiger partial charge in [-0.25, -0.2) is 0 Å². The zero-order valence-electron chi connectivity index (χ0n) is 15.7. The van der Waals surface area contributed by atoms with Gasteiger partial charge in [0, 0.05) is 12.1 Å². The Labute approximate surface area is 168 Å². The topological polar surface area (TPSA) is 92.8 Å². The summed E-state index contributed by atoms with van der Waals surface area (Å²) in [5.74, 6) is 1.24. The van der Waals surface area contributed by atoms with Gasteiger partial charge in [-0.05, 0) is 37.1 Å². The highest BCUT2D eigenvalue weighted by atomic mass is 35.5. The van der Waals surface area contributed by atoms with Gasteiger partial charge in [0.1, 0.15) is 17.9 Å². The van der Waals surface area contributed by atoms with Crippen molar-refractivity contribution >= 4 is 29.3 Å². The van der Waals surface area contributed by atoms with E-state index in [1.807, 2.05) is 20.9 Å². The number of hydrogen-bond acceptors (Lipinski definition) is 6. The molecule has 0 saturated carbocycles. The molecule has 0 spiro atoms. The van der Waals surface area contributed by atoms with Gasteiger partial charge in [-0.3, -0.25) is 4.79 Å². The van der Waals surface area contributed by atoms with Gasteiger partial charge in [-0.1, -0.05) is 37.2 Å². The number of amides is 1. The molecule has 27 heavy (non-hydrogen) atoms. The second-order valence-electron chi connectivity index (χ2n) is 6.51. The molecule has 0 radical (unpaired) electrons. The molecule has 0 fully saturated rings. The molecular weight excluding hydrogens is 386 g/mol. The third-order valence-electron chi connectivity index (χ3n) is 4.23. The van der Waals surface area contributed by atoms with Gasteiger partial charge >= 0.3 is 0 Å². The third kappa shape index (κ3) is 5.62. The van der Waals surface area contributed by atoms with Gasteiger partial charge in [0.25, 0.3) is 0 Å². The maximum Gasteiger partial charge on any atom is 0.231 e. The van der Waals surface area contributed by atoms with Crippen LogP contribution in [-0.4, -0.2) is 32.0 Å². The van der Waals surface area contributed by atoms with Gasteiger partial charge in [0.15, 0.2) is 11.0 Å². The molecule has 144 valence electrons. The Kier molecular flexibility index (Phi) is 7.11. The second kappa shape index (κ2) is 9.11. The SMILES string of the molecule is CC(C)C(C)(C#N)NC(=O)CSc1nnc(COc2ccc(Cl)cc2)n1C. The molecule has 0 bridgehead atoms. The molecule has 1 aromatic heterocycles. The van der Waals surface area contributed by atoms with E-state index in [1.165, 1.54) is 11.8 Å². The molecule has 2 aromatic rings. The first-order chi connectivity index (χ1) is 12.7. The van der Waals surface area contributed by atoms with Crippen molar-refractivity contribution < 1.29 is 9.53 Å². The van der Waals surface area contributed by atoms with Crippen molar-refractivity contribution in [3.05, 3.63) is 35.1 Å². The smallest absolute Gasteiger partial charge is 0.231 e. The lowest BCUT2D eigenvalue weighted by Crippen LogP contribution is -2.49. The predicted molar refractivity (Wildman–Crippen MR) is 105 cm³/mol. The highest BCUT2D eigenvalue weighted by Crippen LogP contribution is 2.20.